The Morgan fingerprint density at radius 1 is 1.03 bits per heavy atom. The van der Waals surface area contributed by atoms with Crippen LogP contribution in [0.15, 0.2) is 59.8 Å². The molecule has 2 aliphatic rings. The predicted octanol–water partition coefficient (Wildman–Crippen LogP) is 4.63. The molecule has 2 heterocycles. The monoisotopic (exact) mass is 453 g/mol. The number of aromatic nitrogens is 3. The molecule has 1 atom stereocenters. The molecule has 1 saturated heterocycles. The molecule has 160 valence electrons. The maximum absolute atomic E-state index is 13.2. The summed E-state index contributed by atoms with van der Waals surface area (Å²) in [5.41, 5.74) is 1.77. The number of hydrogen-bond donors (Lipinski definition) is 1. The molecule has 0 bridgehead atoms. The van der Waals surface area contributed by atoms with Gasteiger partial charge in [0.25, 0.3) is 0 Å². The summed E-state index contributed by atoms with van der Waals surface area (Å²) in [7, 11) is 0. The lowest BCUT2D eigenvalue weighted by molar-refractivity contribution is -0.120. The Labute approximate surface area is 191 Å². The fourth-order valence-corrected chi connectivity index (χ4v) is 5.09. The molecular weight excluding hydrogens is 430 g/mol. The van der Waals surface area contributed by atoms with Gasteiger partial charge in [-0.25, -0.2) is 0 Å². The second-order valence-corrected chi connectivity index (χ2v) is 9.43. The molecule has 2 aromatic carbocycles. The number of nitrogens with zero attached hydrogens (tertiary/aromatic N) is 4. The van der Waals surface area contributed by atoms with Gasteiger partial charge in [0.2, 0.25) is 11.9 Å². The van der Waals surface area contributed by atoms with Crippen molar-refractivity contribution in [2.75, 3.05) is 18.0 Å². The first kappa shape index (κ1) is 20.4. The molecule has 0 radical (unpaired) electrons. The van der Waals surface area contributed by atoms with Gasteiger partial charge in [0.05, 0.1) is 10.7 Å². The summed E-state index contributed by atoms with van der Waals surface area (Å²) in [6.07, 6.45) is 4.36. The van der Waals surface area contributed by atoms with Crippen LogP contribution in [0.2, 0.25) is 5.02 Å². The van der Waals surface area contributed by atoms with Crippen molar-refractivity contribution in [1.29, 1.82) is 0 Å². The zero-order valence-corrected chi connectivity index (χ0v) is 18.6. The van der Waals surface area contributed by atoms with Crippen LogP contribution >= 0.6 is 23.4 Å². The molecule has 1 N–H and O–H groups in total. The van der Waals surface area contributed by atoms with Crippen LogP contribution < -0.4 is 10.2 Å². The van der Waals surface area contributed by atoms with E-state index in [1.165, 1.54) is 11.8 Å². The van der Waals surface area contributed by atoms with Gasteiger partial charge in [-0.15, -0.1) is 10.2 Å². The molecule has 31 heavy (non-hydrogen) atoms. The van der Waals surface area contributed by atoms with E-state index in [1.54, 1.807) is 0 Å². The molecule has 1 aliphatic carbocycles. The normalized spacial score (nSPS) is 17.0. The molecule has 1 saturated carbocycles. The molecule has 1 amide bonds. The highest BCUT2D eigenvalue weighted by Gasteiger charge is 2.32. The summed E-state index contributed by atoms with van der Waals surface area (Å²) >= 11 is 8.00. The topological polar surface area (TPSA) is 63.1 Å². The Morgan fingerprint density at radius 2 is 1.74 bits per heavy atom. The second-order valence-electron chi connectivity index (χ2n) is 7.95. The van der Waals surface area contributed by atoms with Gasteiger partial charge in [0.1, 0.15) is 5.25 Å². The van der Waals surface area contributed by atoms with Gasteiger partial charge in [0, 0.05) is 19.1 Å². The van der Waals surface area contributed by atoms with Crippen molar-refractivity contribution >= 4 is 35.2 Å². The van der Waals surface area contributed by atoms with Crippen LogP contribution in [0, 0.1) is 0 Å². The molecule has 5 rings (SSSR count). The lowest BCUT2D eigenvalue weighted by Crippen LogP contribution is -2.30. The average molecular weight is 454 g/mol. The van der Waals surface area contributed by atoms with Crippen molar-refractivity contribution in [3.8, 4) is 5.69 Å². The van der Waals surface area contributed by atoms with E-state index in [-0.39, 0.29) is 5.91 Å². The Bertz CT molecular complexity index is 1060. The van der Waals surface area contributed by atoms with Crippen molar-refractivity contribution in [2.45, 2.75) is 42.1 Å². The van der Waals surface area contributed by atoms with E-state index in [0.717, 1.165) is 56.0 Å². The minimum absolute atomic E-state index is 0.00938. The molecule has 3 aromatic rings. The number of carbonyl (C=O) groups is 1. The first-order valence-electron chi connectivity index (χ1n) is 10.7. The standard InChI is InChI=1S/C23H24ClN5OS/c24-18-10-4-5-11-19(18)29-22(28-14-6-7-15-28)26-27-23(29)31-20(16-8-2-1-3-9-16)21(30)25-17-12-13-17/h1-5,8-11,17,20H,6-7,12-15H2,(H,25,30)/t20-/m0/s1. The lowest BCUT2D eigenvalue weighted by Gasteiger charge is -2.21. The lowest BCUT2D eigenvalue weighted by atomic mass is 10.1. The molecule has 1 aromatic heterocycles. The van der Waals surface area contributed by atoms with Crippen molar-refractivity contribution in [3.05, 3.63) is 65.2 Å². The van der Waals surface area contributed by atoms with Crippen molar-refractivity contribution in [2.24, 2.45) is 0 Å². The minimum Gasteiger partial charge on any atom is -0.352 e. The number of thioether (sulfide) groups is 1. The molecule has 1 aliphatic heterocycles. The molecular formula is C23H24ClN5OS. The Morgan fingerprint density at radius 3 is 2.45 bits per heavy atom. The number of amides is 1. The Hall–Kier alpha value is -2.51. The molecule has 0 unspecified atom stereocenters. The fraction of sp³-hybridized carbons (Fsp3) is 0.348. The van der Waals surface area contributed by atoms with E-state index in [1.807, 2.05) is 59.2 Å². The van der Waals surface area contributed by atoms with Crippen LogP contribution in [0.4, 0.5) is 5.95 Å². The predicted molar refractivity (Wildman–Crippen MR) is 124 cm³/mol. The molecule has 0 spiro atoms. The van der Waals surface area contributed by atoms with Gasteiger partial charge >= 0.3 is 0 Å². The molecule has 2 fully saturated rings. The Kier molecular flexibility index (Phi) is 5.87. The van der Waals surface area contributed by atoms with Gasteiger partial charge < -0.3 is 10.2 Å². The van der Waals surface area contributed by atoms with E-state index in [2.05, 4.69) is 20.4 Å². The quantitative estimate of drug-likeness (QED) is 0.528. The van der Waals surface area contributed by atoms with Gasteiger partial charge in [-0.2, -0.15) is 0 Å². The maximum Gasteiger partial charge on any atom is 0.238 e. The van der Waals surface area contributed by atoms with E-state index in [0.29, 0.717) is 16.2 Å². The number of anilines is 1. The third-order valence-corrected chi connectivity index (χ3v) is 7.10. The number of benzene rings is 2. The van der Waals surface area contributed by atoms with Crippen molar-refractivity contribution in [1.82, 2.24) is 20.1 Å². The summed E-state index contributed by atoms with van der Waals surface area (Å²) in [5, 5.41) is 13.1. The Balaban J connectivity index is 1.55. The number of rotatable bonds is 7. The van der Waals surface area contributed by atoms with Crippen LogP contribution in [0.5, 0.6) is 0 Å². The van der Waals surface area contributed by atoms with E-state index < -0.39 is 5.25 Å². The highest BCUT2D eigenvalue weighted by atomic mass is 35.5. The van der Waals surface area contributed by atoms with Crippen LogP contribution in [0.1, 0.15) is 36.5 Å². The van der Waals surface area contributed by atoms with Gasteiger partial charge in [-0.3, -0.25) is 9.36 Å². The maximum atomic E-state index is 13.2. The first-order chi connectivity index (χ1) is 15.2. The molecule has 8 heteroatoms. The SMILES string of the molecule is O=C(NC1CC1)[C@@H](Sc1nnc(N2CCCC2)n1-c1ccccc1Cl)c1ccccc1. The largest absolute Gasteiger partial charge is 0.352 e. The summed E-state index contributed by atoms with van der Waals surface area (Å²) in [6.45, 7) is 1.88. The molecule has 6 nitrogen and oxygen atoms in total. The fourth-order valence-electron chi connectivity index (χ4n) is 3.82. The van der Waals surface area contributed by atoms with Gasteiger partial charge in [-0.05, 0) is 43.4 Å². The van der Waals surface area contributed by atoms with Gasteiger partial charge in [-0.1, -0.05) is 65.8 Å². The van der Waals surface area contributed by atoms with Crippen LogP contribution in [-0.2, 0) is 4.79 Å². The van der Waals surface area contributed by atoms with Crippen molar-refractivity contribution < 1.29 is 4.79 Å². The number of carbonyl (C=O) groups excluding carboxylic acids is 1. The number of nitrogens with one attached hydrogen (secondary N) is 1. The third kappa shape index (κ3) is 4.43. The highest BCUT2D eigenvalue weighted by Crippen LogP contribution is 2.39. The van der Waals surface area contributed by atoms with E-state index in [4.69, 9.17) is 11.6 Å². The number of hydrogen-bond acceptors (Lipinski definition) is 5. The summed E-state index contributed by atoms with van der Waals surface area (Å²) < 4.78 is 2.00. The average Bonchev–Trinajstić information content (AvgIpc) is 3.26. The van der Waals surface area contributed by atoms with Crippen LogP contribution in [-0.4, -0.2) is 39.8 Å². The van der Waals surface area contributed by atoms with Crippen molar-refractivity contribution in [3.63, 3.8) is 0 Å². The smallest absolute Gasteiger partial charge is 0.238 e. The zero-order valence-electron chi connectivity index (χ0n) is 17.1. The summed E-state index contributed by atoms with van der Waals surface area (Å²) in [6, 6.07) is 17.9. The highest BCUT2D eigenvalue weighted by molar-refractivity contribution is 8.00. The minimum atomic E-state index is -0.418. The van der Waals surface area contributed by atoms with E-state index in [9.17, 15) is 4.79 Å². The summed E-state index contributed by atoms with van der Waals surface area (Å²) in [4.78, 5) is 15.4. The third-order valence-electron chi connectivity index (χ3n) is 5.59. The zero-order chi connectivity index (χ0) is 21.2. The second kappa shape index (κ2) is 8.93. The number of para-hydroxylation sites is 1. The van der Waals surface area contributed by atoms with E-state index >= 15 is 0 Å². The van der Waals surface area contributed by atoms with Crippen LogP contribution in [0.3, 0.4) is 0 Å². The van der Waals surface area contributed by atoms with Crippen LogP contribution in [0.25, 0.3) is 5.69 Å². The first-order valence-corrected chi connectivity index (χ1v) is 11.9. The number of halogens is 1. The van der Waals surface area contributed by atoms with Gasteiger partial charge in [0.15, 0.2) is 5.16 Å². The summed E-state index contributed by atoms with van der Waals surface area (Å²) in [5.74, 6) is 0.789.